The van der Waals surface area contributed by atoms with Gasteiger partial charge in [0.05, 0.1) is 0 Å². The lowest BCUT2D eigenvalue weighted by atomic mass is 10.00. The molecule has 2 aromatic heterocycles. The first-order chi connectivity index (χ1) is 13.6. The van der Waals surface area contributed by atoms with Crippen molar-refractivity contribution < 1.29 is 14.3 Å². The van der Waals surface area contributed by atoms with E-state index in [1.165, 1.54) is 0 Å². The quantitative estimate of drug-likeness (QED) is 0.385. The maximum absolute atomic E-state index is 13.0. The minimum atomic E-state index is -1.04. The second-order valence-electron chi connectivity index (χ2n) is 6.52. The van der Waals surface area contributed by atoms with E-state index in [2.05, 4.69) is 4.98 Å². The molecule has 0 saturated heterocycles. The van der Waals surface area contributed by atoms with Crippen LogP contribution in [0.3, 0.4) is 0 Å². The van der Waals surface area contributed by atoms with Gasteiger partial charge in [-0.25, -0.2) is 9.78 Å². The third-order valence-electron chi connectivity index (χ3n) is 4.45. The largest absolute Gasteiger partial charge is 0.444 e. The molecule has 4 aromatic rings. The highest BCUT2D eigenvalue weighted by Crippen LogP contribution is 2.24. The van der Waals surface area contributed by atoms with E-state index in [1.807, 2.05) is 49.5 Å². The first kappa shape index (κ1) is 17.7. The van der Waals surface area contributed by atoms with Crippen molar-refractivity contribution in [2.24, 2.45) is 0 Å². The van der Waals surface area contributed by atoms with Crippen molar-refractivity contribution >= 4 is 17.4 Å². The van der Waals surface area contributed by atoms with Crippen molar-refractivity contribution in [2.45, 2.75) is 13.0 Å². The highest BCUT2D eigenvalue weighted by atomic mass is 16.5. The van der Waals surface area contributed by atoms with Crippen LogP contribution in [0.15, 0.2) is 85.2 Å². The predicted molar refractivity (Wildman–Crippen MR) is 105 cm³/mol. The number of esters is 1. The summed E-state index contributed by atoms with van der Waals surface area (Å²) in [7, 11) is 0. The Morgan fingerprint density at radius 1 is 0.964 bits per heavy atom. The van der Waals surface area contributed by atoms with Gasteiger partial charge >= 0.3 is 5.97 Å². The van der Waals surface area contributed by atoms with Crippen molar-refractivity contribution in [1.82, 2.24) is 9.38 Å². The standard InChI is InChI=1S/C23H18N2O3/c1-16-12-13-25-15-19(24-20(25)14-16)23(27)28-22(18-10-6-3-7-11-18)21(26)17-8-4-2-5-9-17/h2-15,22H,1H3. The van der Waals surface area contributed by atoms with Gasteiger partial charge in [-0.1, -0.05) is 60.7 Å². The molecule has 0 aliphatic carbocycles. The molecule has 4 rings (SSSR count). The minimum absolute atomic E-state index is 0.160. The number of aryl methyl sites for hydroxylation is 1. The number of rotatable bonds is 5. The molecule has 0 fully saturated rings. The van der Waals surface area contributed by atoms with E-state index in [0.717, 1.165) is 5.56 Å². The number of imidazole rings is 1. The number of aromatic nitrogens is 2. The summed E-state index contributed by atoms with van der Waals surface area (Å²) >= 11 is 0. The first-order valence-corrected chi connectivity index (χ1v) is 8.92. The Kier molecular flexibility index (Phi) is 4.72. The average Bonchev–Trinajstić information content (AvgIpc) is 3.16. The number of ether oxygens (including phenoxy) is 1. The van der Waals surface area contributed by atoms with Crippen molar-refractivity contribution in [2.75, 3.05) is 0 Å². The van der Waals surface area contributed by atoms with Crippen LogP contribution >= 0.6 is 0 Å². The fourth-order valence-electron chi connectivity index (χ4n) is 3.00. The van der Waals surface area contributed by atoms with Gasteiger partial charge in [0.15, 0.2) is 11.8 Å². The first-order valence-electron chi connectivity index (χ1n) is 8.92. The van der Waals surface area contributed by atoms with Crippen molar-refractivity contribution in [3.05, 3.63) is 108 Å². The molecule has 1 atom stereocenters. The summed E-state index contributed by atoms with van der Waals surface area (Å²) in [6.07, 6.45) is 2.40. The third kappa shape index (κ3) is 3.55. The van der Waals surface area contributed by atoms with Gasteiger partial charge in [-0.3, -0.25) is 4.79 Å². The summed E-state index contributed by atoms with van der Waals surface area (Å²) in [6, 6.07) is 21.6. The molecule has 0 bridgehead atoms. The third-order valence-corrected chi connectivity index (χ3v) is 4.45. The van der Waals surface area contributed by atoms with Crippen LogP contribution in [0, 0.1) is 6.92 Å². The molecule has 0 amide bonds. The molecular formula is C23H18N2O3. The van der Waals surface area contributed by atoms with Gasteiger partial charge in [-0.15, -0.1) is 0 Å². The number of nitrogens with zero attached hydrogens (tertiary/aromatic N) is 2. The second-order valence-corrected chi connectivity index (χ2v) is 6.52. The van der Waals surface area contributed by atoms with E-state index in [-0.39, 0.29) is 11.5 Å². The Balaban J connectivity index is 1.66. The van der Waals surface area contributed by atoms with Gasteiger partial charge in [-0.05, 0) is 24.6 Å². The molecule has 2 heterocycles. The molecule has 0 spiro atoms. The summed E-state index contributed by atoms with van der Waals surface area (Å²) in [5, 5.41) is 0. The Hall–Kier alpha value is -3.73. The molecule has 0 radical (unpaired) electrons. The highest BCUT2D eigenvalue weighted by molar-refractivity contribution is 6.02. The van der Waals surface area contributed by atoms with E-state index in [9.17, 15) is 9.59 Å². The van der Waals surface area contributed by atoms with E-state index >= 15 is 0 Å². The number of Topliss-reactive ketones (excluding diaryl/α,β-unsaturated/α-hetero) is 1. The molecule has 0 aliphatic rings. The summed E-state index contributed by atoms with van der Waals surface area (Å²) in [5.74, 6) is -0.917. The van der Waals surface area contributed by atoms with Gasteiger partial charge in [0.1, 0.15) is 5.65 Å². The predicted octanol–water partition coefficient (Wildman–Crippen LogP) is 4.42. The van der Waals surface area contributed by atoms with Crippen LogP contribution in [-0.2, 0) is 4.74 Å². The number of hydrogen-bond donors (Lipinski definition) is 0. The zero-order valence-corrected chi connectivity index (χ0v) is 15.3. The Bertz CT molecular complexity index is 1130. The van der Waals surface area contributed by atoms with Gasteiger partial charge in [0.25, 0.3) is 0 Å². The van der Waals surface area contributed by atoms with Gasteiger partial charge < -0.3 is 9.14 Å². The minimum Gasteiger partial charge on any atom is -0.444 e. The highest BCUT2D eigenvalue weighted by Gasteiger charge is 2.27. The SMILES string of the molecule is Cc1ccn2cc(C(=O)OC(C(=O)c3ccccc3)c3ccccc3)nc2c1. The number of benzene rings is 2. The number of ketones is 1. The molecule has 0 aliphatic heterocycles. The van der Waals surface area contributed by atoms with Gasteiger partial charge in [0, 0.05) is 23.5 Å². The average molecular weight is 370 g/mol. The van der Waals surface area contributed by atoms with Crippen molar-refractivity contribution in [1.29, 1.82) is 0 Å². The Morgan fingerprint density at radius 2 is 1.64 bits per heavy atom. The van der Waals surface area contributed by atoms with Crippen LogP contribution in [0.2, 0.25) is 0 Å². The van der Waals surface area contributed by atoms with Crippen LogP contribution in [-0.4, -0.2) is 21.1 Å². The van der Waals surface area contributed by atoms with Gasteiger partial charge in [0.2, 0.25) is 5.78 Å². The second kappa shape index (κ2) is 7.48. The van der Waals surface area contributed by atoms with Gasteiger partial charge in [-0.2, -0.15) is 0 Å². The van der Waals surface area contributed by atoms with Crippen LogP contribution in [0.25, 0.3) is 5.65 Å². The fourth-order valence-corrected chi connectivity index (χ4v) is 3.00. The molecule has 1 unspecified atom stereocenters. The topological polar surface area (TPSA) is 60.7 Å². The molecule has 2 aromatic carbocycles. The zero-order chi connectivity index (χ0) is 19.5. The number of carbonyl (C=O) groups excluding carboxylic acids is 2. The van der Waals surface area contributed by atoms with Crippen LogP contribution in [0.5, 0.6) is 0 Å². The van der Waals surface area contributed by atoms with Crippen LogP contribution < -0.4 is 0 Å². The lowest BCUT2D eigenvalue weighted by Gasteiger charge is -2.16. The molecular weight excluding hydrogens is 352 g/mol. The summed E-state index contributed by atoms with van der Waals surface area (Å²) < 4.78 is 7.38. The number of fused-ring (bicyclic) bond motifs is 1. The monoisotopic (exact) mass is 370 g/mol. The van der Waals surface area contributed by atoms with E-state index in [0.29, 0.717) is 16.8 Å². The lowest BCUT2D eigenvalue weighted by Crippen LogP contribution is -2.20. The van der Waals surface area contributed by atoms with Crippen LogP contribution in [0.1, 0.15) is 38.1 Å². The molecule has 5 heteroatoms. The van der Waals surface area contributed by atoms with E-state index in [1.54, 1.807) is 47.0 Å². The summed E-state index contributed by atoms with van der Waals surface area (Å²) in [6.45, 7) is 1.95. The van der Waals surface area contributed by atoms with Crippen LogP contribution in [0.4, 0.5) is 0 Å². The van der Waals surface area contributed by atoms with E-state index in [4.69, 9.17) is 4.74 Å². The normalized spacial score (nSPS) is 11.9. The fraction of sp³-hybridized carbons (Fsp3) is 0.0870. The van der Waals surface area contributed by atoms with E-state index < -0.39 is 12.1 Å². The summed E-state index contributed by atoms with van der Waals surface area (Å²) in [5.41, 5.74) is 2.95. The van der Waals surface area contributed by atoms with Crippen molar-refractivity contribution in [3.63, 3.8) is 0 Å². The zero-order valence-electron chi connectivity index (χ0n) is 15.3. The molecule has 0 N–H and O–H groups in total. The lowest BCUT2D eigenvalue weighted by molar-refractivity contribution is 0.0275. The number of hydrogen-bond acceptors (Lipinski definition) is 4. The smallest absolute Gasteiger partial charge is 0.359 e. The summed E-state index contributed by atoms with van der Waals surface area (Å²) in [4.78, 5) is 30.1. The molecule has 0 saturated carbocycles. The number of pyridine rings is 1. The maximum Gasteiger partial charge on any atom is 0.359 e. The Morgan fingerprint density at radius 3 is 2.36 bits per heavy atom. The maximum atomic E-state index is 13.0. The molecule has 138 valence electrons. The molecule has 5 nitrogen and oxygen atoms in total. The number of carbonyl (C=O) groups is 2. The van der Waals surface area contributed by atoms with Crippen molar-refractivity contribution in [3.8, 4) is 0 Å². The Labute approximate surface area is 162 Å². The molecule has 28 heavy (non-hydrogen) atoms.